The topological polar surface area (TPSA) is 66.0 Å². The summed E-state index contributed by atoms with van der Waals surface area (Å²) >= 11 is 0. The van der Waals surface area contributed by atoms with Crippen LogP contribution >= 0.6 is 0 Å². The fourth-order valence-corrected chi connectivity index (χ4v) is 2.58. The van der Waals surface area contributed by atoms with Gasteiger partial charge in [0.25, 0.3) is 0 Å². The van der Waals surface area contributed by atoms with Crippen LogP contribution in [0.4, 0.5) is 0 Å². The highest BCUT2D eigenvalue weighted by Crippen LogP contribution is 2.38. The molecule has 1 aromatic heterocycles. The van der Waals surface area contributed by atoms with Crippen LogP contribution < -0.4 is 5.73 Å². The van der Waals surface area contributed by atoms with Gasteiger partial charge in [-0.1, -0.05) is 18.6 Å². The molecular weight excluding hydrogens is 228 g/mol. The monoisotopic (exact) mass is 252 g/mol. The Kier molecular flexibility index (Phi) is 4.72. The Morgan fingerprint density at radius 1 is 1.50 bits per heavy atom. The smallest absolute Gasteiger partial charge is 0.0874 e. The molecule has 5 nitrogen and oxygen atoms in total. The number of hydrogen-bond donors (Lipinski definition) is 1. The zero-order valence-corrected chi connectivity index (χ0v) is 11.4. The van der Waals surface area contributed by atoms with Crippen molar-refractivity contribution in [3.8, 4) is 0 Å². The third-order valence-electron chi connectivity index (χ3n) is 3.85. The van der Waals surface area contributed by atoms with Crippen molar-refractivity contribution in [1.82, 2.24) is 15.0 Å². The maximum absolute atomic E-state index is 5.66. The van der Waals surface area contributed by atoms with Gasteiger partial charge in [0.05, 0.1) is 24.0 Å². The molecule has 1 atom stereocenters. The van der Waals surface area contributed by atoms with Crippen LogP contribution in [0.15, 0.2) is 0 Å². The normalized spacial score (nSPS) is 17.7. The summed E-state index contributed by atoms with van der Waals surface area (Å²) in [6.07, 6.45) is 5.68. The van der Waals surface area contributed by atoms with E-state index in [1.807, 2.05) is 0 Å². The zero-order valence-electron chi connectivity index (χ0n) is 11.4. The third kappa shape index (κ3) is 2.57. The number of nitrogens with zero attached hydrogens (tertiary/aromatic N) is 3. The zero-order chi connectivity index (χ0) is 13.0. The Labute approximate surface area is 109 Å². The summed E-state index contributed by atoms with van der Waals surface area (Å²) in [6, 6.07) is 0.296. The molecule has 0 radical (unpaired) electrons. The standard InChI is InChI=1S/C13H24N4O/c1-3-11(9-18-2)17-13(10-5-4-6-10)12(7-8-14)15-16-17/h10-11H,3-9,14H2,1-2H3. The first-order chi connectivity index (χ1) is 8.81. The van der Waals surface area contributed by atoms with Gasteiger partial charge in [-0.15, -0.1) is 5.10 Å². The van der Waals surface area contributed by atoms with Gasteiger partial charge in [0.2, 0.25) is 0 Å². The van der Waals surface area contributed by atoms with E-state index in [4.69, 9.17) is 10.5 Å². The fourth-order valence-electron chi connectivity index (χ4n) is 2.58. The van der Waals surface area contributed by atoms with Crippen molar-refractivity contribution >= 4 is 0 Å². The molecule has 0 amide bonds. The molecule has 1 heterocycles. The molecule has 102 valence electrons. The Morgan fingerprint density at radius 3 is 2.78 bits per heavy atom. The maximum atomic E-state index is 5.66. The molecule has 1 aromatic rings. The van der Waals surface area contributed by atoms with Crippen molar-refractivity contribution in [2.75, 3.05) is 20.3 Å². The van der Waals surface area contributed by atoms with E-state index in [-0.39, 0.29) is 0 Å². The minimum atomic E-state index is 0.296. The van der Waals surface area contributed by atoms with Gasteiger partial charge >= 0.3 is 0 Å². The van der Waals surface area contributed by atoms with Gasteiger partial charge in [-0.2, -0.15) is 0 Å². The fraction of sp³-hybridized carbons (Fsp3) is 0.846. The van der Waals surface area contributed by atoms with Crippen LogP contribution in [0.25, 0.3) is 0 Å². The highest BCUT2D eigenvalue weighted by atomic mass is 16.5. The van der Waals surface area contributed by atoms with Crippen LogP contribution in [0.5, 0.6) is 0 Å². The van der Waals surface area contributed by atoms with Crippen molar-refractivity contribution in [2.45, 2.75) is 51.0 Å². The summed E-state index contributed by atoms with van der Waals surface area (Å²) in [5.74, 6) is 0.632. The second kappa shape index (κ2) is 6.29. The van der Waals surface area contributed by atoms with Crippen LogP contribution in [0.3, 0.4) is 0 Å². The Bertz CT molecular complexity index is 373. The molecule has 1 saturated carbocycles. The third-order valence-corrected chi connectivity index (χ3v) is 3.85. The van der Waals surface area contributed by atoms with Gasteiger partial charge < -0.3 is 10.5 Å². The molecule has 1 aliphatic carbocycles. The molecule has 0 aliphatic heterocycles. The molecule has 2 rings (SSSR count). The Morgan fingerprint density at radius 2 is 2.28 bits per heavy atom. The van der Waals surface area contributed by atoms with Crippen LogP contribution in [-0.2, 0) is 11.2 Å². The van der Waals surface area contributed by atoms with Crippen LogP contribution in [0.1, 0.15) is 56.0 Å². The van der Waals surface area contributed by atoms with Crippen molar-refractivity contribution < 1.29 is 4.74 Å². The molecule has 0 bridgehead atoms. The molecular formula is C13H24N4O. The summed E-state index contributed by atoms with van der Waals surface area (Å²) < 4.78 is 7.39. The maximum Gasteiger partial charge on any atom is 0.0874 e. The number of rotatable bonds is 7. The lowest BCUT2D eigenvalue weighted by atomic mass is 9.81. The predicted octanol–water partition coefficient (Wildman–Crippen LogP) is 1.64. The van der Waals surface area contributed by atoms with Gasteiger partial charge in [0, 0.05) is 19.4 Å². The summed E-state index contributed by atoms with van der Waals surface area (Å²) in [4.78, 5) is 0. The lowest BCUT2D eigenvalue weighted by molar-refractivity contribution is 0.142. The highest BCUT2D eigenvalue weighted by Gasteiger charge is 2.29. The van der Waals surface area contributed by atoms with Crippen LogP contribution in [0.2, 0.25) is 0 Å². The lowest BCUT2D eigenvalue weighted by Gasteiger charge is -2.28. The largest absolute Gasteiger partial charge is 0.382 e. The van der Waals surface area contributed by atoms with Crippen molar-refractivity contribution in [3.05, 3.63) is 11.4 Å². The molecule has 1 aliphatic rings. The summed E-state index contributed by atoms with van der Waals surface area (Å²) in [6.45, 7) is 3.50. The van der Waals surface area contributed by atoms with Crippen LogP contribution in [-0.4, -0.2) is 35.3 Å². The van der Waals surface area contributed by atoms with E-state index in [2.05, 4.69) is 21.9 Å². The molecule has 1 unspecified atom stereocenters. The highest BCUT2D eigenvalue weighted by molar-refractivity contribution is 5.19. The first-order valence-electron chi connectivity index (χ1n) is 6.94. The molecule has 5 heteroatoms. The quantitative estimate of drug-likeness (QED) is 0.801. The van der Waals surface area contributed by atoms with Crippen molar-refractivity contribution in [3.63, 3.8) is 0 Å². The average molecular weight is 252 g/mol. The van der Waals surface area contributed by atoms with Crippen molar-refractivity contribution in [2.24, 2.45) is 5.73 Å². The second-order valence-electron chi connectivity index (χ2n) is 5.05. The van der Waals surface area contributed by atoms with Crippen molar-refractivity contribution in [1.29, 1.82) is 0 Å². The molecule has 0 saturated heterocycles. The summed E-state index contributed by atoms with van der Waals surface area (Å²) in [7, 11) is 1.74. The number of methoxy groups -OCH3 is 1. The number of ether oxygens (including phenoxy) is 1. The van der Waals surface area contributed by atoms with E-state index in [9.17, 15) is 0 Å². The molecule has 0 spiro atoms. The van der Waals surface area contributed by atoms with E-state index >= 15 is 0 Å². The Balaban J connectivity index is 2.27. The van der Waals surface area contributed by atoms with Gasteiger partial charge in [-0.25, -0.2) is 4.68 Å². The van der Waals surface area contributed by atoms with E-state index in [1.54, 1.807) is 7.11 Å². The molecule has 1 fully saturated rings. The predicted molar refractivity (Wildman–Crippen MR) is 70.6 cm³/mol. The van der Waals surface area contributed by atoms with Gasteiger partial charge in [-0.05, 0) is 25.8 Å². The van der Waals surface area contributed by atoms with E-state index in [1.165, 1.54) is 25.0 Å². The SMILES string of the molecule is CCC(COC)n1nnc(CCN)c1C1CCC1. The summed E-state index contributed by atoms with van der Waals surface area (Å²) in [5.41, 5.74) is 8.07. The minimum Gasteiger partial charge on any atom is -0.382 e. The first kappa shape index (κ1) is 13.5. The number of aromatic nitrogens is 3. The first-order valence-corrected chi connectivity index (χ1v) is 6.94. The van der Waals surface area contributed by atoms with Crippen LogP contribution in [0, 0.1) is 0 Å². The minimum absolute atomic E-state index is 0.296. The number of hydrogen-bond acceptors (Lipinski definition) is 4. The molecule has 2 N–H and O–H groups in total. The van der Waals surface area contributed by atoms with Gasteiger partial charge in [0.15, 0.2) is 0 Å². The number of nitrogens with two attached hydrogens (primary N) is 1. The van der Waals surface area contributed by atoms with E-state index in [0.717, 1.165) is 18.5 Å². The lowest BCUT2D eigenvalue weighted by Crippen LogP contribution is -2.23. The van der Waals surface area contributed by atoms with Gasteiger partial charge in [-0.3, -0.25) is 0 Å². The summed E-state index contributed by atoms with van der Waals surface area (Å²) in [5, 5.41) is 8.70. The molecule has 0 aromatic carbocycles. The molecule has 18 heavy (non-hydrogen) atoms. The second-order valence-corrected chi connectivity index (χ2v) is 5.05. The Hall–Kier alpha value is -0.940. The average Bonchev–Trinajstić information content (AvgIpc) is 2.69. The van der Waals surface area contributed by atoms with E-state index < -0.39 is 0 Å². The van der Waals surface area contributed by atoms with Gasteiger partial charge in [0.1, 0.15) is 0 Å². The van der Waals surface area contributed by atoms with E-state index in [0.29, 0.717) is 25.1 Å².